The lowest BCUT2D eigenvalue weighted by atomic mass is 9.83. The van der Waals surface area contributed by atoms with Crippen molar-refractivity contribution >= 4 is 55.4 Å². The van der Waals surface area contributed by atoms with Gasteiger partial charge in [-0.05, 0) is 86.6 Å². The zero-order valence-corrected chi connectivity index (χ0v) is 34.6. The quantitative estimate of drug-likeness (QED) is 0.171. The van der Waals surface area contributed by atoms with Crippen LogP contribution in [-0.4, -0.2) is 16.1 Å². The minimum Gasteiger partial charge on any atom is -0.374 e. The molecule has 12 rings (SSSR count). The van der Waals surface area contributed by atoms with Gasteiger partial charge in [0.05, 0.1) is 34.5 Å². The third-order valence-electron chi connectivity index (χ3n) is 12.8. The Morgan fingerprint density at radius 3 is 1.78 bits per heavy atom. The monoisotopic (exact) mass is 806 g/mol. The van der Waals surface area contributed by atoms with Crippen LogP contribution in [0.3, 0.4) is 0 Å². The van der Waals surface area contributed by atoms with Gasteiger partial charge in [-0.1, -0.05) is 182 Å². The van der Waals surface area contributed by atoms with Crippen molar-refractivity contribution in [2.45, 2.75) is 18.5 Å². The van der Waals surface area contributed by atoms with E-state index in [1.165, 1.54) is 60.4 Å². The van der Waals surface area contributed by atoms with Gasteiger partial charge in [-0.15, -0.1) is 0 Å². The van der Waals surface area contributed by atoms with E-state index in [1.54, 1.807) is 0 Å². The van der Waals surface area contributed by atoms with E-state index >= 15 is 0 Å². The highest BCUT2D eigenvalue weighted by Crippen LogP contribution is 2.48. The highest BCUT2D eigenvalue weighted by Gasteiger charge is 2.28. The van der Waals surface area contributed by atoms with Crippen molar-refractivity contribution in [1.29, 1.82) is 0 Å². The number of nitrogens with zero attached hydrogens (tertiary/aromatic N) is 3. The highest BCUT2D eigenvalue weighted by atomic mass is 15.0. The number of fused-ring (bicyclic) bond motifs is 6. The van der Waals surface area contributed by atoms with E-state index in [0.29, 0.717) is 6.42 Å². The average molecular weight is 807 g/mol. The molecule has 0 aliphatic carbocycles. The molecular formula is C59H42N4. The van der Waals surface area contributed by atoms with Gasteiger partial charge in [-0.3, -0.25) is 4.99 Å². The Morgan fingerprint density at radius 2 is 1.06 bits per heavy atom. The predicted molar refractivity (Wildman–Crippen MR) is 263 cm³/mol. The lowest BCUT2D eigenvalue weighted by Gasteiger charge is -2.31. The lowest BCUT2D eigenvalue weighted by molar-refractivity contribution is 0.753. The average Bonchev–Trinajstić information content (AvgIpc) is 3.71. The van der Waals surface area contributed by atoms with E-state index in [4.69, 9.17) is 9.98 Å². The van der Waals surface area contributed by atoms with Crippen molar-refractivity contribution < 1.29 is 0 Å². The number of anilines is 1. The summed E-state index contributed by atoms with van der Waals surface area (Å²) in [7, 11) is 0. The molecule has 4 heteroatoms. The fourth-order valence-corrected chi connectivity index (χ4v) is 9.74. The molecule has 0 amide bonds. The van der Waals surface area contributed by atoms with Crippen LogP contribution in [0.1, 0.15) is 51.9 Å². The Kier molecular flexibility index (Phi) is 9.00. The van der Waals surface area contributed by atoms with E-state index in [1.807, 2.05) is 6.07 Å². The maximum atomic E-state index is 5.34. The number of aromatic nitrogens is 1. The third-order valence-corrected chi connectivity index (χ3v) is 12.8. The summed E-state index contributed by atoms with van der Waals surface area (Å²) in [5.74, 6) is 0.756. The van der Waals surface area contributed by atoms with Gasteiger partial charge in [0, 0.05) is 39.6 Å². The van der Waals surface area contributed by atoms with Gasteiger partial charge >= 0.3 is 0 Å². The normalized spacial score (nSPS) is 16.0. The van der Waals surface area contributed by atoms with Crippen LogP contribution in [0.15, 0.2) is 234 Å². The molecule has 10 aromatic rings. The summed E-state index contributed by atoms with van der Waals surface area (Å²) in [6.07, 6.45) is 3.08. The zero-order chi connectivity index (χ0) is 41.7. The van der Waals surface area contributed by atoms with E-state index in [9.17, 15) is 0 Å². The summed E-state index contributed by atoms with van der Waals surface area (Å²) in [6.45, 7) is 0. The Hall–Kier alpha value is -8.08. The minimum absolute atomic E-state index is 0.00790. The molecule has 2 aliphatic heterocycles. The SMILES string of the molecule is C1=C(c2ccccc2)c2c(c(-c3cccc(C4=NC(c5ccccc5)=NC(c5ccc(-n6c7ccccc7c7ccccc76)cc5)C4)c3)cc3ccccc23)NC1c1ccccc1. The molecule has 298 valence electrons. The van der Waals surface area contributed by atoms with Gasteiger partial charge in [0.25, 0.3) is 0 Å². The Labute approximate surface area is 366 Å². The zero-order valence-electron chi connectivity index (χ0n) is 34.6. The molecule has 0 spiro atoms. The van der Waals surface area contributed by atoms with Crippen LogP contribution in [-0.2, 0) is 0 Å². The van der Waals surface area contributed by atoms with Gasteiger partial charge < -0.3 is 9.88 Å². The second-order valence-corrected chi connectivity index (χ2v) is 16.5. The van der Waals surface area contributed by atoms with Crippen LogP contribution in [0.2, 0.25) is 0 Å². The number of amidine groups is 1. The maximum absolute atomic E-state index is 5.34. The van der Waals surface area contributed by atoms with Crippen LogP contribution < -0.4 is 5.32 Å². The minimum atomic E-state index is -0.108. The Bertz CT molecular complexity index is 3380. The second-order valence-electron chi connectivity index (χ2n) is 16.5. The van der Waals surface area contributed by atoms with Crippen molar-refractivity contribution in [1.82, 2.24) is 4.57 Å². The summed E-state index contributed by atoms with van der Waals surface area (Å²) in [5.41, 5.74) is 16.2. The summed E-state index contributed by atoms with van der Waals surface area (Å²) in [4.78, 5) is 10.7. The molecule has 2 unspecified atom stereocenters. The molecule has 2 atom stereocenters. The van der Waals surface area contributed by atoms with Crippen LogP contribution in [0.25, 0.3) is 55.0 Å². The first-order chi connectivity index (χ1) is 31.2. The van der Waals surface area contributed by atoms with Crippen molar-refractivity contribution in [3.05, 3.63) is 258 Å². The van der Waals surface area contributed by atoms with Crippen LogP contribution >= 0.6 is 0 Å². The third kappa shape index (κ3) is 6.55. The summed E-state index contributed by atoms with van der Waals surface area (Å²) >= 11 is 0. The van der Waals surface area contributed by atoms with Crippen molar-refractivity contribution in [3.63, 3.8) is 0 Å². The van der Waals surface area contributed by atoms with E-state index in [0.717, 1.165) is 45.2 Å². The number of benzene rings is 9. The summed E-state index contributed by atoms with van der Waals surface area (Å²) in [5, 5.41) is 8.99. The van der Waals surface area contributed by atoms with Gasteiger partial charge in [0.2, 0.25) is 0 Å². The number of hydrogen-bond donors (Lipinski definition) is 1. The number of nitrogens with one attached hydrogen (secondary N) is 1. The number of hydrogen-bond acceptors (Lipinski definition) is 3. The number of para-hydroxylation sites is 2. The van der Waals surface area contributed by atoms with Crippen LogP contribution in [0.5, 0.6) is 0 Å². The molecule has 9 aromatic carbocycles. The number of aliphatic imine (C=N–C) groups is 2. The Morgan fingerprint density at radius 1 is 0.476 bits per heavy atom. The summed E-state index contributed by atoms with van der Waals surface area (Å²) < 4.78 is 2.37. The topological polar surface area (TPSA) is 41.7 Å². The van der Waals surface area contributed by atoms with Crippen LogP contribution in [0.4, 0.5) is 5.69 Å². The van der Waals surface area contributed by atoms with E-state index in [-0.39, 0.29) is 12.1 Å². The molecule has 4 nitrogen and oxygen atoms in total. The molecule has 0 saturated heterocycles. The van der Waals surface area contributed by atoms with Gasteiger partial charge in [-0.25, -0.2) is 4.99 Å². The fourth-order valence-electron chi connectivity index (χ4n) is 9.74. The molecule has 0 fully saturated rings. The molecule has 2 aliphatic rings. The molecular weight excluding hydrogens is 765 g/mol. The highest BCUT2D eigenvalue weighted by molar-refractivity contribution is 6.15. The molecule has 1 aromatic heterocycles. The Balaban J connectivity index is 0.960. The van der Waals surface area contributed by atoms with Gasteiger partial charge in [-0.2, -0.15) is 0 Å². The first-order valence-electron chi connectivity index (χ1n) is 21.8. The molecule has 63 heavy (non-hydrogen) atoms. The molecule has 3 heterocycles. The second kappa shape index (κ2) is 15.4. The molecule has 0 saturated carbocycles. The first-order valence-corrected chi connectivity index (χ1v) is 21.8. The first kappa shape index (κ1) is 36.7. The number of rotatable bonds is 7. The smallest absolute Gasteiger partial charge is 0.155 e. The molecule has 1 N–H and O–H groups in total. The van der Waals surface area contributed by atoms with Crippen molar-refractivity contribution in [3.8, 4) is 16.8 Å². The summed E-state index contributed by atoms with van der Waals surface area (Å²) in [6, 6.07) is 78.3. The van der Waals surface area contributed by atoms with Gasteiger partial charge in [0.1, 0.15) is 0 Å². The van der Waals surface area contributed by atoms with Crippen molar-refractivity contribution in [2.24, 2.45) is 9.98 Å². The van der Waals surface area contributed by atoms with E-state index < -0.39 is 0 Å². The predicted octanol–water partition coefficient (Wildman–Crippen LogP) is 14.6. The van der Waals surface area contributed by atoms with Gasteiger partial charge in [0.15, 0.2) is 5.84 Å². The molecule has 0 bridgehead atoms. The largest absolute Gasteiger partial charge is 0.374 e. The maximum Gasteiger partial charge on any atom is 0.155 e. The fraction of sp³-hybridized carbons (Fsp3) is 0.0508. The van der Waals surface area contributed by atoms with Crippen molar-refractivity contribution in [2.75, 3.05) is 5.32 Å². The molecule has 0 radical (unpaired) electrons. The van der Waals surface area contributed by atoms with E-state index in [2.05, 4.69) is 228 Å². The lowest BCUT2D eigenvalue weighted by Crippen LogP contribution is -2.18. The standard InChI is InChI=1S/C59H42N4/c1-4-17-39(18-5-1)50-37-52(40-19-6-2-7-20-40)60-58-51(36-44-23-10-11-26-47(44)57(50)58)43-24-16-25-45(35-43)54-38-53(61-59(62-54)42-21-8-3-9-22-42)41-31-33-46(34-32-41)63-55-29-14-12-27-48(55)49-28-13-15-30-56(49)63/h1-37,52-53,60H,38H2. The van der Waals surface area contributed by atoms with Crippen LogP contribution in [0, 0.1) is 0 Å².